The van der Waals surface area contributed by atoms with Gasteiger partial charge in [0.25, 0.3) is 5.91 Å². The lowest BCUT2D eigenvalue weighted by Gasteiger charge is -2.37. The van der Waals surface area contributed by atoms with Gasteiger partial charge in [0, 0.05) is 28.3 Å². The number of benzene rings is 3. The molecule has 1 N–H and O–H groups in total. The Balaban J connectivity index is 1.78. The molecule has 7 nitrogen and oxygen atoms in total. The molecule has 1 aliphatic heterocycles. The highest BCUT2D eigenvalue weighted by atomic mass is 35.5. The highest BCUT2D eigenvalue weighted by molar-refractivity contribution is 6.30. The number of carbonyl (C=O) groups is 2. The number of para-hydroxylation sites is 2. The predicted molar refractivity (Wildman–Crippen MR) is 152 cm³/mol. The fourth-order valence-electron chi connectivity index (χ4n) is 5.51. The summed E-state index contributed by atoms with van der Waals surface area (Å²) in [7, 11) is 4.53. The van der Waals surface area contributed by atoms with Gasteiger partial charge in [-0.2, -0.15) is 0 Å². The van der Waals surface area contributed by atoms with Crippen molar-refractivity contribution < 1.29 is 23.8 Å². The fourth-order valence-corrected chi connectivity index (χ4v) is 5.64. The molecule has 0 spiro atoms. The first-order valence-corrected chi connectivity index (χ1v) is 13.1. The van der Waals surface area contributed by atoms with Gasteiger partial charge in [0.1, 0.15) is 0 Å². The van der Waals surface area contributed by atoms with Crippen LogP contribution in [0.5, 0.6) is 17.2 Å². The van der Waals surface area contributed by atoms with Crippen LogP contribution in [0.25, 0.3) is 0 Å². The molecule has 1 aliphatic carbocycles. The van der Waals surface area contributed by atoms with Gasteiger partial charge < -0.3 is 19.5 Å². The zero-order valence-corrected chi connectivity index (χ0v) is 23.4. The Morgan fingerprint density at radius 2 is 1.59 bits per heavy atom. The van der Waals surface area contributed by atoms with Gasteiger partial charge in [0.05, 0.1) is 38.7 Å². The summed E-state index contributed by atoms with van der Waals surface area (Å²) in [5.41, 5.74) is 3.67. The first-order chi connectivity index (χ1) is 18.7. The van der Waals surface area contributed by atoms with Crippen molar-refractivity contribution in [2.75, 3.05) is 31.5 Å². The number of amides is 1. The Kier molecular flexibility index (Phi) is 7.03. The summed E-state index contributed by atoms with van der Waals surface area (Å²) in [6.07, 6.45) is 1.04. The van der Waals surface area contributed by atoms with Crippen LogP contribution >= 0.6 is 11.6 Å². The van der Waals surface area contributed by atoms with Gasteiger partial charge in [-0.1, -0.05) is 49.7 Å². The molecule has 202 valence electrons. The van der Waals surface area contributed by atoms with Crippen molar-refractivity contribution in [1.29, 1.82) is 0 Å². The molecule has 0 saturated heterocycles. The number of Topliss-reactive ketones (excluding diaryl/α,β-unsaturated/α-hetero) is 1. The van der Waals surface area contributed by atoms with E-state index < -0.39 is 6.04 Å². The maximum Gasteiger partial charge on any atom is 0.259 e. The number of nitrogens with one attached hydrogen (secondary N) is 1. The van der Waals surface area contributed by atoms with Gasteiger partial charge in [0.2, 0.25) is 5.75 Å². The molecule has 1 atom stereocenters. The first kappa shape index (κ1) is 26.6. The van der Waals surface area contributed by atoms with E-state index in [0.717, 1.165) is 16.9 Å². The average Bonchev–Trinajstić information content (AvgIpc) is 3.05. The Bertz CT molecular complexity index is 1450. The quantitative estimate of drug-likeness (QED) is 0.378. The molecule has 1 heterocycles. The molecule has 5 rings (SSSR count). The van der Waals surface area contributed by atoms with E-state index in [1.807, 2.05) is 36.4 Å². The van der Waals surface area contributed by atoms with E-state index in [4.69, 9.17) is 25.8 Å². The SMILES string of the molecule is COc1cc(C(=O)N2c3ccccc3NC3=C(C(=O)CC(C)(C)C3)[C@@H]2c2ccc(Cl)cc2)cc(OC)c1OC. The number of fused-ring (bicyclic) bond motifs is 1. The van der Waals surface area contributed by atoms with Crippen molar-refractivity contribution in [2.45, 2.75) is 32.7 Å². The van der Waals surface area contributed by atoms with Crippen LogP contribution in [0.15, 0.2) is 71.9 Å². The maximum absolute atomic E-state index is 14.6. The van der Waals surface area contributed by atoms with Crippen molar-refractivity contribution in [3.63, 3.8) is 0 Å². The molecular weight excluding hydrogens is 516 g/mol. The van der Waals surface area contributed by atoms with Gasteiger partial charge in [-0.15, -0.1) is 0 Å². The highest BCUT2D eigenvalue weighted by Gasteiger charge is 2.43. The lowest BCUT2D eigenvalue weighted by molar-refractivity contribution is -0.118. The van der Waals surface area contributed by atoms with Crippen molar-refractivity contribution >= 4 is 34.7 Å². The highest BCUT2D eigenvalue weighted by Crippen LogP contribution is 2.49. The summed E-state index contributed by atoms with van der Waals surface area (Å²) in [6, 6.07) is 17.5. The molecule has 3 aromatic rings. The van der Waals surface area contributed by atoms with E-state index in [-0.39, 0.29) is 17.1 Å². The zero-order valence-electron chi connectivity index (χ0n) is 22.6. The smallest absolute Gasteiger partial charge is 0.259 e. The van der Waals surface area contributed by atoms with Crippen LogP contribution in [0.1, 0.15) is 48.7 Å². The lowest BCUT2D eigenvalue weighted by atomic mass is 9.73. The fraction of sp³-hybridized carbons (Fsp3) is 0.290. The molecule has 0 bridgehead atoms. The topological polar surface area (TPSA) is 77.1 Å². The number of ether oxygens (including phenoxy) is 3. The second kappa shape index (κ2) is 10.3. The van der Waals surface area contributed by atoms with Gasteiger partial charge in [-0.25, -0.2) is 0 Å². The number of methoxy groups -OCH3 is 3. The summed E-state index contributed by atoms with van der Waals surface area (Å²) >= 11 is 6.25. The summed E-state index contributed by atoms with van der Waals surface area (Å²) in [5, 5.41) is 4.10. The van der Waals surface area contributed by atoms with E-state index >= 15 is 0 Å². The number of nitrogens with zero attached hydrogens (tertiary/aromatic N) is 1. The standard InChI is InChI=1S/C31H31ClN2O5/c1-31(2)16-22-27(24(35)17-31)28(18-10-12-20(32)13-11-18)34(23-9-7-6-8-21(23)33-22)30(36)19-14-25(37-3)29(39-5)26(15-19)38-4/h6-15,28,33H,16-17H2,1-5H3/t28-/m0/s1. The van der Waals surface area contributed by atoms with E-state index in [1.54, 1.807) is 29.2 Å². The minimum Gasteiger partial charge on any atom is -0.493 e. The Hall–Kier alpha value is -3.97. The number of hydrogen-bond acceptors (Lipinski definition) is 6. The third-order valence-corrected chi connectivity index (χ3v) is 7.47. The molecule has 8 heteroatoms. The second-order valence-electron chi connectivity index (χ2n) is 10.5. The van der Waals surface area contributed by atoms with Crippen LogP contribution in [0.4, 0.5) is 11.4 Å². The number of anilines is 2. The van der Waals surface area contributed by atoms with Gasteiger partial charge in [-0.3, -0.25) is 14.5 Å². The number of allylic oxidation sites excluding steroid dienone is 1. The largest absolute Gasteiger partial charge is 0.493 e. The second-order valence-corrected chi connectivity index (χ2v) is 11.0. The third kappa shape index (κ3) is 4.83. The van der Waals surface area contributed by atoms with Gasteiger partial charge in [0.15, 0.2) is 17.3 Å². The predicted octanol–water partition coefficient (Wildman–Crippen LogP) is 6.82. The van der Waals surface area contributed by atoms with E-state index in [0.29, 0.717) is 51.9 Å². The van der Waals surface area contributed by atoms with Crippen LogP contribution < -0.4 is 24.4 Å². The summed E-state index contributed by atoms with van der Waals surface area (Å²) < 4.78 is 16.5. The van der Waals surface area contributed by atoms with Crippen LogP contribution in [0, 0.1) is 5.41 Å². The summed E-state index contributed by atoms with van der Waals surface area (Å²) in [6.45, 7) is 4.17. The summed E-state index contributed by atoms with van der Waals surface area (Å²) in [5.74, 6) is 0.789. The Morgan fingerprint density at radius 3 is 2.21 bits per heavy atom. The van der Waals surface area contributed by atoms with Crippen molar-refractivity contribution in [1.82, 2.24) is 0 Å². The summed E-state index contributed by atoms with van der Waals surface area (Å²) in [4.78, 5) is 30.2. The van der Waals surface area contributed by atoms with Gasteiger partial charge >= 0.3 is 0 Å². The van der Waals surface area contributed by atoms with Crippen LogP contribution in [0.3, 0.4) is 0 Å². The van der Waals surface area contributed by atoms with Crippen LogP contribution in [-0.4, -0.2) is 33.0 Å². The molecule has 39 heavy (non-hydrogen) atoms. The maximum atomic E-state index is 14.6. The van der Waals surface area contributed by atoms with Gasteiger partial charge in [-0.05, 0) is 53.8 Å². The van der Waals surface area contributed by atoms with Crippen LogP contribution in [0.2, 0.25) is 5.02 Å². The van der Waals surface area contributed by atoms with E-state index in [1.165, 1.54) is 21.3 Å². The minimum atomic E-state index is -0.691. The Morgan fingerprint density at radius 1 is 0.949 bits per heavy atom. The molecule has 2 aliphatic rings. The van der Waals surface area contributed by atoms with Crippen LogP contribution in [-0.2, 0) is 4.79 Å². The lowest BCUT2D eigenvalue weighted by Crippen LogP contribution is -2.39. The zero-order chi connectivity index (χ0) is 27.9. The molecule has 3 aromatic carbocycles. The first-order valence-electron chi connectivity index (χ1n) is 12.7. The molecule has 0 aromatic heterocycles. The molecule has 1 amide bonds. The number of rotatable bonds is 5. The number of carbonyl (C=O) groups excluding carboxylic acids is 2. The van der Waals surface area contributed by atoms with E-state index in [2.05, 4.69) is 19.2 Å². The van der Waals surface area contributed by atoms with E-state index in [9.17, 15) is 9.59 Å². The minimum absolute atomic E-state index is 0.00389. The van der Waals surface area contributed by atoms with Crippen molar-refractivity contribution in [3.05, 3.63) is 88.1 Å². The molecule has 0 fully saturated rings. The molecular formula is C31H31ClN2O5. The monoisotopic (exact) mass is 546 g/mol. The molecule has 0 radical (unpaired) electrons. The Labute approximate surface area is 233 Å². The number of halogens is 1. The normalized spacial score (nSPS) is 17.9. The molecule has 0 saturated carbocycles. The number of hydrogen-bond donors (Lipinski definition) is 1. The van der Waals surface area contributed by atoms with Crippen molar-refractivity contribution in [2.24, 2.45) is 5.41 Å². The molecule has 0 unspecified atom stereocenters. The average molecular weight is 547 g/mol. The van der Waals surface area contributed by atoms with Crippen molar-refractivity contribution in [3.8, 4) is 17.2 Å². The number of ketones is 1. The third-order valence-electron chi connectivity index (χ3n) is 7.22.